The van der Waals surface area contributed by atoms with Crippen molar-refractivity contribution in [2.24, 2.45) is 0 Å². The summed E-state index contributed by atoms with van der Waals surface area (Å²) in [7, 11) is 0. The van der Waals surface area contributed by atoms with E-state index in [1.165, 1.54) is 0 Å². The van der Waals surface area contributed by atoms with Crippen LogP contribution in [0, 0.1) is 6.92 Å². The Bertz CT molecular complexity index is 321. The Morgan fingerprint density at radius 2 is 2.31 bits per heavy atom. The lowest BCUT2D eigenvalue weighted by Gasteiger charge is -2.10. The van der Waals surface area contributed by atoms with Gasteiger partial charge in [-0.3, -0.25) is 0 Å². The lowest BCUT2D eigenvalue weighted by molar-refractivity contribution is 1.32. The molecule has 70 valence electrons. The van der Waals surface area contributed by atoms with E-state index in [0.717, 1.165) is 28.0 Å². The summed E-state index contributed by atoms with van der Waals surface area (Å²) in [6, 6.07) is 3.94. The van der Waals surface area contributed by atoms with Crippen LogP contribution >= 0.6 is 15.9 Å². The standard InChI is InChI=1S/C10H13BrN2/c1-3-6-13-9-5-4-8(11)7(2)10(9)12/h3-5,13H,1,6,12H2,2H3. The van der Waals surface area contributed by atoms with Crippen LogP contribution in [0.1, 0.15) is 5.56 Å². The van der Waals surface area contributed by atoms with Crippen LogP contribution < -0.4 is 11.1 Å². The average Bonchev–Trinajstić information content (AvgIpc) is 2.13. The quantitative estimate of drug-likeness (QED) is 0.630. The van der Waals surface area contributed by atoms with E-state index in [1.54, 1.807) is 6.08 Å². The third-order valence-electron chi connectivity index (χ3n) is 1.89. The Hall–Kier alpha value is -0.960. The zero-order valence-corrected chi connectivity index (χ0v) is 9.19. The van der Waals surface area contributed by atoms with Gasteiger partial charge >= 0.3 is 0 Å². The van der Waals surface area contributed by atoms with Crippen LogP contribution in [0.3, 0.4) is 0 Å². The Balaban J connectivity index is 2.96. The Morgan fingerprint density at radius 3 is 2.92 bits per heavy atom. The summed E-state index contributed by atoms with van der Waals surface area (Å²) in [6.07, 6.45) is 1.80. The molecule has 0 spiro atoms. The number of halogens is 1. The van der Waals surface area contributed by atoms with Gasteiger partial charge in [0.1, 0.15) is 0 Å². The largest absolute Gasteiger partial charge is 0.397 e. The van der Waals surface area contributed by atoms with Gasteiger partial charge in [0, 0.05) is 11.0 Å². The van der Waals surface area contributed by atoms with E-state index in [9.17, 15) is 0 Å². The van der Waals surface area contributed by atoms with E-state index in [4.69, 9.17) is 5.73 Å². The number of anilines is 2. The van der Waals surface area contributed by atoms with Crippen LogP contribution in [0.25, 0.3) is 0 Å². The molecular formula is C10H13BrN2. The minimum Gasteiger partial charge on any atom is -0.397 e. The molecule has 0 aliphatic heterocycles. The van der Waals surface area contributed by atoms with Crippen LogP contribution in [-0.2, 0) is 0 Å². The predicted molar refractivity (Wildman–Crippen MR) is 62.0 cm³/mol. The fourth-order valence-electron chi connectivity index (χ4n) is 1.04. The molecule has 0 saturated carbocycles. The summed E-state index contributed by atoms with van der Waals surface area (Å²) < 4.78 is 1.04. The van der Waals surface area contributed by atoms with E-state index in [2.05, 4.69) is 27.8 Å². The first kappa shape index (κ1) is 10.1. The average molecular weight is 241 g/mol. The van der Waals surface area contributed by atoms with Gasteiger partial charge in [-0.15, -0.1) is 6.58 Å². The normalized spacial score (nSPS) is 9.69. The van der Waals surface area contributed by atoms with Gasteiger partial charge in [0.25, 0.3) is 0 Å². The first-order valence-electron chi connectivity index (χ1n) is 4.06. The van der Waals surface area contributed by atoms with Gasteiger partial charge in [-0.2, -0.15) is 0 Å². The molecule has 0 saturated heterocycles. The molecule has 0 bridgehead atoms. The second kappa shape index (κ2) is 4.33. The van der Waals surface area contributed by atoms with Crippen molar-refractivity contribution in [2.75, 3.05) is 17.6 Å². The highest BCUT2D eigenvalue weighted by Gasteiger charge is 2.03. The molecule has 13 heavy (non-hydrogen) atoms. The maximum absolute atomic E-state index is 5.90. The molecule has 2 nitrogen and oxygen atoms in total. The number of nitrogens with two attached hydrogens (primary N) is 1. The van der Waals surface area contributed by atoms with Crippen molar-refractivity contribution in [1.82, 2.24) is 0 Å². The summed E-state index contributed by atoms with van der Waals surface area (Å²) >= 11 is 3.42. The summed E-state index contributed by atoms with van der Waals surface area (Å²) in [5.41, 5.74) is 8.71. The van der Waals surface area contributed by atoms with E-state index >= 15 is 0 Å². The van der Waals surface area contributed by atoms with Crippen molar-refractivity contribution in [3.63, 3.8) is 0 Å². The van der Waals surface area contributed by atoms with Crippen LogP contribution in [-0.4, -0.2) is 6.54 Å². The molecule has 1 aromatic rings. The molecule has 3 N–H and O–H groups in total. The Labute approximate surface area is 87.0 Å². The van der Waals surface area contributed by atoms with Crippen molar-refractivity contribution in [3.8, 4) is 0 Å². The number of nitrogen functional groups attached to an aromatic ring is 1. The molecule has 0 unspecified atom stereocenters. The first-order valence-corrected chi connectivity index (χ1v) is 4.85. The SMILES string of the molecule is C=CCNc1ccc(Br)c(C)c1N. The second-order valence-electron chi connectivity index (χ2n) is 2.80. The molecule has 0 aromatic heterocycles. The lowest BCUT2D eigenvalue weighted by Crippen LogP contribution is -2.03. The monoisotopic (exact) mass is 240 g/mol. The highest BCUT2D eigenvalue weighted by Crippen LogP contribution is 2.28. The van der Waals surface area contributed by atoms with Gasteiger partial charge in [-0.1, -0.05) is 22.0 Å². The minimum atomic E-state index is 0.727. The van der Waals surface area contributed by atoms with Crippen LogP contribution in [0.4, 0.5) is 11.4 Å². The van der Waals surface area contributed by atoms with Gasteiger partial charge in [-0.05, 0) is 24.6 Å². The third kappa shape index (κ3) is 2.25. The van der Waals surface area contributed by atoms with Crippen molar-refractivity contribution in [2.45, 2.75) is 6.92 Å². The molecular weight excluding hydrogens is 228 g/mol. The molecule has 0 amide bonds. The predicted octanol–water partition coefficient (Wildman–Crippen LogP) is 2.94. The molecule has 1 aromatic carbocycles. The molecule has 0 atom stereocenters. The van der Waals surface area contributed by atoms with Crippen molar-refractivity contribution in [1.29, 1.82) is 0 Å². The summed E-state index contributed by atoms with van der Waals surface area (Å²) in [4.78, 5) is 0. The highest BCUT2D eigenvalue weighted by molar-refractivity contribution is 9.10. The Morgan fingerprint density at radius 1 is 1.62 bits per heavy atom. The van der Waals surface area contributed by atoms with Gasteiger partial charge in [0.05, 0.1) is 11.4 Å². The maximum Gasteiger partial charge on any atom is 0.0591 e. The molecule has 1 rings (SSSR count). The van der Waals surface area contributed by atoms with Crippen LogP contribution in [0.2, 0.25) is 0 Å². The first-order chi connectivity index (χ1) is 6.16. The smallest absolute Gasteiger partial charge is 0.0591 e. The number of benzene rings is 1. The van der Waals surface area contributed by atoms with Crippen LogP contribution in [0.15, 0.2) is 29.3 Å². The highest BCUT2D eigenvalue weighted by atomic mass is 79.9. The zero-order valence-electron chi connectivity index (χ0n) is 7.60. The van der Waals surface area contributed by atoms with Gasteiger partial charge in [0.15, 0.2) is 0 Å². The van der Waals surface area contributed by atoms with Crippen molar-refractivity contribution >= 4 is 27.3 Å². The number of rotatable bonds is 3. The van der Waals surface area contributed by atoms with Crippen LogP contribution in [0.5, 0.6) is 0 Å². The second-order valence-corrected chi connectivity index (χ2v) is 3.66. The zero-order chi connectivity index (χ0) is 9.84. The van der Waals surface area contributed by atoms with E-state index in [1.807, 2.05) is 19.1 Å². The number of hydrogen-bond donors (Lipinski definition) is 2. The molecule has 0 aliphatic rings. The van der Waals surface area contributed by atoms with E-state index in [0.29, 0.717) is 0 Å². The topological polar surface area (TPSA) is 38.0 Å². The lowest BCUT2D eigenvalue weighted by atomic mass is 10.2. The third-order valence-corrected chi connectivity index (χ3v) is 2.74. The number of hydrogen-bond acceptors (Lipinski definition) is 2. The van der Waals surface area contributed by atoms with Gasteiger partial charge in [-0.25, -0.2) is 0 Å². The molecule has 0 heterocycles. The number of nitrogens with one attached hydrogen (secondary N) is 1. The summed E-state index contributed by atoms with van der Waals surface area (Å²) in [5.74, 6) is 0. The van der Waals surface area contributed by atoms with E-state index < -0.39 is 0 Å². The molecule has 0 fully saturated rings. The molecule has 0 aliphatic carbocycles. The Kier molecular flexibility index (Phi) is 3.37. The van der Waals surface area contributed by atoms with E-state index in [-0.39, 0.29) is 0 Å². The fraction of sp³-hybridized carbons (Fsp3) is 0.200. The fourth-order valence-corrected chi connectivity index (χ4v) is 1.38. The van der Waals surface area contributed by atoms with Crippen molar-refractivity contribution in [3.05, 3.63) is 34.8 Å². The van der Waals surface area contributed by atoms with Crippen molar-refractivity contribution < 1.29 is 0 Å². The molecule has 3 heteroatoms. The summed E-state index contributed by atoms with van der Waals surface area (Å²) in [5, 5.41) is 3.17. The maximum atomic E-state index is 5.90. The summed E-state index contributed by atoms with van der Waals surface area (Å²) in [6.45, 7) is 6.34. The van der Waals surface area contributed by atoms with Gasteiger partial charge in [0.2, 0.25) is 0 Å². The van der Waals surface area contributed by atoms with Gasteiger partial charge < -0.3 is 11.1 Å². The molecule has 0 radical (unpaired) electrons. The minimum absolute atomic E-state index is 0.727.